The third-order valence-electron chi connectivity index (χ3n) is 4.71. The monoisotopic (exact) mass is 355 g/mol. The van der Waals surface area contributed by atoms with Gasteiger partial charge in [0, 0.05) is 6.54 Å². The molecule has 3 rings (SSSR count). The Kier molecular flexibility index (Phi) is 4.77. The van der Waals surface area contributed by atoms with Gasteiger partial charge >= 0.3 is 6.18 Å². The van der Waals surface area contributed by atoms with Gasteiger partial charge in [0.2, 0.25) is 0 Å². The first kappa shape index (κ1) is 17.8. The number of halogens is 3. The van der Waals surface area contributed by atoms with E-state index in [-0.39, 0.29) is 18.9 Å². The van der Waals surface area contributed by atoms with Crippen molar-refractivity contribution in [3.8, 4) is 0 Å². The molecule has 0 saturated carbocycles. The molecule has 7 heteroatoms. The number of aliphatic hydroxyl groups excluding tert-OH is 1. The van der Waals surface area contributed by atoms with E-state index in [0.717, 1.165) is 18.6 Å². The van der Waals surface area contributed by atoms with E-state index in [2.05, 4.69) is 0 Å². The number of amides is 1. The first-order chi connectivity index (χ1) is 11.8. The van der Waals surface area contributed by atoms with Crippen LogP contribution in [0.2, 0.25) is 0 Å². The highest BCUT2D eigenvalue weighted by Gasteiger charge is 2.38. The van der Waals surface area contributed by atoms with Gasteiger partial charge in [-0.05, 0) is 43.9 Å². The minimum Gasteiger partial charge on any atom is -0.498 e. The summed E-state index contributed by atoms with van der Waals surface area (Å²) < 4.78 is 44.3. The molecule has 0 spiro atoms. The highest BCUT2D eigenvalue weighted by Crippen LogP contribution is 2.37. The quantitative estimate of drug-likeness (QED) is 0.884. The number of aliphatic hydroxyl groups is 1. The smallest absolute Gasteiger partial charge is 0.416 e. The van der Waals surface area contributed by atoms with E-state index in [0.29, 0.717) is 29.9 Å². The van der Waals surface area contributed by atoms with Crippen LogP contribution in [0.4, 0.5) is 13.2 Å². The highest BCUT2D eigenvalue weighted by atomic mass is 19.4. The number of allylic oxidation sites excluding steroid dienone is 1. The summed E-state index contributed by atoms with van der Waals surface area (Å²) in [6.45, 7) is 2.39. The predicted molar refractivity (Wildman–Crippen MR) is 84.4 cm³/mol. The lowest BCUT2D eigenvalue weighted by molar-refractivity contribution is -0.137. The second kappa shape index (κ2) is 6.71. The molecule has 1 aromatic carbocycles. The van der Waals surface area contributed by atoms with Crippen molar-refractivity contribution in [2.24, 2.45) is 0 Å². The molecule has 1 N–H and O–H groups in total. The van der Waals surface area contributed by atoms with E-state index in [1.807, 2.05) is 0 Å². The first-order valence-corrected chi connectivity index (χ1v) is 8.26. The summed E-state index contributed by atoms with van der Waals surface area (Å²) in [5.74, 6) is 0.289. The second-order valence-electron chi connectivity index (χ2n) is 6.47. The molecule has 0 aliphatic carbocycles. The Labute approximate surface area is 143 Å². The van der Waals surface area contributed by atoms with Gasteiger partial charge in [0.05, 0.1) is 29.9 Å². The number of nitrogens with zero attached hydrogens (tertiary/aromatic N) is 1. The van der Waals surface area contributed by atoms with Crippen molar-refractivity contribution in [1.82, 2.24) is 4.90 Å². The maximum Gasteiger partial charge on any atom is 0.416 e. The Morgan fingerprint density at radius 3 is 2.80 bits per heavy atom. The van der Waals surface area contributed by atoms with Gasteiger partial charge in [0.25, 0.3) is 5.91 Å². The lowest BCUT2D eigenvalue weighted by Gasteiger charge is -2.28. The number of hydrogen-bond acceptors (Lipinski definition) is 3. The van der Waals surface area contributed by atoms with Gasteiger partial charge in [0.15, 0.2) is 0 Å². The van der Waals surface area contributed by atoms with E-state index in [9.17, 15) is 23.1 Å². The molecule has 1 saturated heterocycles. The van der Waals surface area contributed by atoms with Gasteiger partial charge in [-0.1, -0.05) is 12.1 Å². The second-order valence-corrected chi connectivity index (χ2v) is 6.47. The van der Waals surface area contributed by atoms with E-state index < -0.39 is 23.9 Å². The maximum atomic E-state index is 13.0. The first-order valence-electron chi connectivity index (χ1n) is 8.26. The van der Waals surface area contributed by atoms with Crippen molar-refractivity contribution in [2.75, 3.05) is 13.2 Å². The fourth-order valence-corrected chi connectivity index (χ4v) is 3.44. The molecule has 1 aromatic rings. The lowest BCUT2D eigenvalue weighted by atomic mass is 9.99. The zero-order valence-corrected chi connectivity index (χ0v) is 13.8. The number of alkyl halides is 3. The number of hydrogen-bond donors (Lipinski definition) is 1. The molecular formula is C18H20F3NO3. The Bertz CT molecular complexity index is 699. The topological polar surface area (TPSA) is 49.8 Å². The zero-order valence-electron chi connectivity index (χ0n) is 13.8. The molecule has 1 fully saturated rings. The van der Waals surface area contributed by atoms with Crippen LogP contribution in [0.3, 0.4) is 0 Å². The summed E-state index contributed by atoms with van der Waals surface area (Å²) in [5.41, 5.74) is 0.169. The van der Waals surface area contributed by atoms with Crippen LogP contribution in [0.1, 0.15) is 43.4 Å². The summed E-state index contributed by atoms with van der Waals surface area (Å²) in [4.78, 5) is 14.3. The minimum atomic E-state index is -4.45. The van der Waals surface area contributed by atoms with Crippen LogP contribution >= 0.6 is 0 Å². The van der Waals surface area contributed by atoms with E-state index >= 15 is 0 Å². The Morgan fingerprint density at radius 2 is 2.12 bits per heavy atom. The molecule has 2 heterocycles. The van der Waals surface area contributed by atoms with Crippen molar-refractivity contribution in [3.63, 3.8) is 0 Å². The summed E-state index contributed by atoms with van der Waals surface area (Å²) in [5, 5.41) is 10.0. The number of ether oxygens (including phenoxy) is 1. The van der Waals surface area contributed by atoms with Crippen molar-refractivity contribution < 1.29 is 27.8 Å². The van der Waals surface area contributed by atoms with Gasteiger partial charge in [-0.25, -0.2) is 0 Å². The van der Waals surface area contributed by atoms with E-state index in [1.165, 1.54) is 11.0 Å². The van der Waals surface area contributed by atoms with Crippen LogP contribution in [0.15, 0.2) is 35.6 Å². The van der Waals surface area contributed by atoms with Crippen molar-refractivity contribution in [1.29, 1.82) is 0 Å². The zero-order chi connectivity index (χ0) is 18.2. The minimum absolute atomic E-state index is 0.108. The van der Waals surface area contributed by atoms with Crippen LogP contribution in [-0.4, -0.2) is 35.2 Å². The van der Waals surface area contributed by atoms with Gasteiger partial charge < -0.3 is 14.7 Å². The molecule has 25 heavy (non-hydrogen) atoms. The number of likely N-dealkylation sites (tertiary alicyclic amines) is 1. The predicted octanol–water partition coefficient (Wildman–Crippen LogP) is 3.42. The van der Waals surface area contributed by atoms with Crippen molar-refractivity contribution >= 4 is 5.91 Å². The number of β-amino-alcohol motifs (C(OH)–C–C–N with tert-alkyl or cyclic N) is 1. The Balaban J connectivity index is 1.91. The van der Waals surface area contributed by atoms with Crippen LogP contribution in [0.5, 0.6) is 0 Å². The molecule has 1 amide bonds. The number of carbonyl (C=O) groups is 1. The SMILES string of the molecule is CC1=C(C(=O)N2CC(O)CC2c2cccc(C(F)(F)F)c2)CCCO1. The number of carbonyl (C=O) groups excluding carboxylic acids is 1. The largest absolute Gasteiger partial charge is 0.498 e. The van der Waals surface area contributed by atoms with Gasteiger partial charge in [-0.2, -0.15) is 13.2 Å². The summed E-state index contributed by atoms with van der Waals surface area (Å²) >= 11 is 0. The molecule has 0 radical (unpaired) electrons. The molecule has 2 atom stereocenters. The van der Waals surface area contributed by atoms with Gasteiger partial charge in [-0.15, -0.1) is 0 Å². The lowest BCUT2D eigenvalue weighted by Crippen LogP contribution is -2.34. The summed E-state index contributed by atoms with van der Waals surface area (Å²) in [6.07, 6.45) is -3.68. The third kappa shape index (κ3) is 3.66. The van der Waals surface area contributed by atoms with Crippen LogP contribution in [0, 0.1) is 0 Å². The molecule has 0 bridgehead atoms. The van der Waals surface area contributed by atoms with Crippen LogP contribution in [-0.2, 0) is 15.7 Å². The van der Waals surface area contributed by atoms with E-state index in [4.69, 9.17) is 4.74 Å². The highest BCUT2D eigenvalue weighted by molar-refractivity contribution is 5.94. The standard InChI is InChI=1S/C18H20F3NO3/c1-11-15(6-3-7-25-11)17(24)22-10-14(23)9-16(22)12-4-2-5-13(8-12)18(19,20)21/h2,4-5,8,14,16,23H,3,6-7,9-10H2,1H3. The molecule has 0 aromatic heterocycles. The van der Waals surface area contributed by atoms with Crippen LogP contribution < -0.4 is 0 Å². The normalized spacial score (nSPS) is 24.4. The molecular weight excluding hydrogens is 335 g/mol. The average Bonchev–Trinajstić information content (AvgIpc) is 2.96. The molecule has 2 aliphatic heterocycles. The van der Waals surface area contributed by atoms with Gasteiger partial charge in [-0.3, -0.25) is 4.79 Å². The fraction of sp³-hybridized carbons (Fsp3) is 0.500. The molecule has 2 unspecified atom stereocenters. The summed E-state index contributed by atoms with van der Waals surface area (Å²) in [6, 6.07) is 4.38. The van der Waals surface area contributed by atoms with Crippen molar-refractivity contribution in [3.05, 3.63) is 46.7 Å². The van der Waals surface area contributed by atoms with E-state index in [1.54, 1.807) is 13.0 Å². The summed E-state index contributed by atoms with van der Waals surface area (Å²) in [7, 11) is 0. The van der Waals surface area contributed by atoms with Crippen LogP contribution in [0.25, 0.3) is 0 Å². The Hall–Kier alpha value is -2.02. The average molecular weight is 355 g/mol. The molecule has 136 valence electrons. The molecule has 4 nitrogen and oxygen atoms in total. The fourth-order valence-electron chi connectivity index (χ4n) is 3.44. The number of benzene rings is 1. The molecule has 2 aliphatic rings. The van der Waals surface area contributed by atoms with Gasteiger partial charge in [0.1, 0.15) is 5.76 Å². The maximum absolute atomic E-state index is 13.0. The number of rotatable bonds is 2. The third-order valence-corrected chi connectivity index (χ3v) is 4.71. The van der Waals surface area contributed by atoms with Crippen molar-refractivity contribution in [2.45, 2.75) is 44.5 Å². The Morgan fingerprint density at radius 1 is 1.36 bits per heavy atom.